The van der Waals surface area contributed by atoms with Crippen LogP contribution in [0.1, 0.15) is 21.9 Å². The van der Waals surface area contributed by atoms with Crippen molar-refractivity contribution in [2.45, 2.75) is 13.8 Å². The van der Waals surface area contributed by atoms with Gasteiger partial charge in [0.15, 0.2) is 0 Å². The van der Waals surface area contributed by atoms with Gasteiger partial charge in [-0.15, -0.1) is 5.10 Å². The van der Waals surface area contributed by atoms with E-state index in [1.165, 1.54) is 0 Å². The standard InChI is InChI=1S/C16H14N4O3/c1-9-3-8-13(10(2)17-9)11-4-6-12(7-5-11)23-15-14(16(21)22)18-20-19-15/h3-8H,1-2H3,(H,21,22)(H,18,19,20). The van der Waals surface area contributed by atoms with Gasteiger partial charge in [-0.1, -0.05) is 23.4 Å². The van der Waals surface area contributed by atoms with Crippen molar-refractivity contribution in [2.75, 3.05) is 0 Å². The molecular weight excluding hydrogens is 296 g/mol. The molecule has 0 spiro atoms. The van der Waals surface area contributed by atoms with Crippen LogP contribution in [0.4, 0.5) is 0 Å². The molecule has 0 aliphatic rings. The van der Waals surface area contributed by atoms with Crippen LogP contribution in [0, 0.1) is 13.8 Å². The fourth-order valence-corrected chi connectivity index (χ4v) is 2.24. The van der Waals surface area contributed by atoms with Gasteiger partial charge in [-0.2, -0.15) is 0 Å². The van der Waals surface area contributed by atoms with Gasteiger partial charge in [-0.25, -0.2) is 9.89 Å². The van der Waals surface area contributed by atoms with Crippen LogP contribution in [-0.2, 0) is 0 Å². The smallest absolute Gasteiger partial charge is 0.362 e. The third-order valence-electron chi connectivity index (χ3n) is 3.33. The normalized spacial score (nSPS) is 10.5. The fraction of sp³-hybridized carbons (Fsp3) is 0.125. The Morgan fingerprint density at radius 1 is 1.13 bits per heavy atom. The Bertz CT molecular complexity index is 856. The first-order valence-electron chi connectivity index (χ1n) is 6.91. The van der Waals surface area contributed by atoms with E-state index in [-0.39, 0.29) is 11.6 Å². The first-order valence-corrected chi connectivity index (χ1v) is 6.91. The summed E-state index contributed by atoms with van der Waals surface area (Å²) in [6.07, 6.45) is 0. The fourth-order valence-electron chi connectivity index (χ4n) is 2.24. The Labute approximate surface area is 132 Å². The molecule has 7 heteroatoms. The van der Waals surface area contributed by atoms with Crippen molar-refractivity contribution in [2.24, 2.45) is 0 Å². The maximum absolute atomic E-state index is 11.0. The zero-order valence-electron chi connectivity index (χ0n) is 12.6. The van der Waals surface area contributed by atoms with E-state index in [0.29, 0.717) is 5.75 Å². The SMILES string of the molecule is Cc1ccc(-c2ccc(Oc3[nH]nnc3C(=O)O)cc2)c(C)n1. The number of nitrogens with zero attached hydrogens (tertiary/aromatic N) is 3. The third kappa shape index (κ3) is 3.03. The molecule has 3 rings (SSSR count). The maximum Gasteiger partial charge on any atom is 0.362 e. The first-order chi connectivity index (χ1) is 11.0. The minimum Gasteiger partial charge on any atom is -0.476 e. The molecule has 2 N–H and O–H groups in total. The molecule has 2 heterocycles. The number of aryl methyl sites for hydroxylation is 2. The molecule has 0 saturated heterocycles. The van der Waals surface area contributed by atoms with Crippen LogP contribution in [-0.4, -0.2) is 31.5 Å². The van der Waals surface area contributed by atoms with Crippen molar-refractivity contribution < 1.29 is 14.6 Å². The highest BCUT2D eigenvalue weighted by atomic mass is 16.5. The van der Waals surface area contributed by atoms with Crippen LogP contribution in [0.5, 0.6) is 11.6 Å². The molecule has 7 nitrogen and oxygen atoms in total. The van der Waals surface area contributed by atoms with Crippen molar-refractivity contribution in [3.8, 4) is 22.8 Å². The quantitative estimate of drug-likeness (QED) is 0.768. The van der Waals surface area contributed by atoms with Gasteiger partial charge in [-0.05, 0) is 37.6 Å². The molecule has 3 aromatic rings. The van der Waals surface area contributed by atoms with E-state index in [4.69, 9.17) is 9.84 Å². The summed E-state index contributed by atoms with van der Waals surface area (Å²) in [7, 11) is 0. The zero-order chi connectivity index (χ0) is 16.4. The second kappa shape index (κ2) is 5.88. The number of hydrogen-bond acceptors (Lipinski definition) is 5. The van der Waals surface area contributed by atoms with E-state index in [0.717, 1.165) is 22.5 Å². The van der Waals surface area contributed by atoms with E-state index in [1.807, 2.05) is 38.1 Å². The van der Waals surface area contributed by atoms with Gasteiger partial charge >= 0.3 is 5.97 Å². The molecule has 0 unspecified atom stereocenters. The van der Waals surface area contributed by atoms with Crippen molar-refractivity contribution >= 4 is 5.97 Å². The summed E-state index contributed by atoms with van der Waals surface area (Å²) in [5.74, 6) is -0.717. The summed E-state index contributed by atoms with van der Waals surface area (Å²) in [5, 5.41) is 18.3. The Morgan fingerprint density at radius 2 is 1.87 bits per heavy atom. The minimum atomic E-state index is -1.20. The van der Waals surface area contributed by atoms with Crippen LogP contribution in [0.2, 0.25) is 0 Å². The Hall–Kier alpha value is -3.22. The van der Waals surface area contributed by atoms with E-state index >= 15 is 0 Å². The lowest BCUT2D eigenvalue weighted by molar-refractivity contribution is 0.0687. The van der Waals surface area contributed by atoms with Crippen LogP contribution in [0.25, 0.3) is 11.1 Å². The van der Waals surface area contributed by atoms with Crippen molar-refractivity contribution in [1.29, 1.82) is 0 Å². The summed E-state index contributed by atoms with van der Waals surface area (Å²) in [6, 6.07) is 11.3. The van der Waals surface area contributed by atoms with E-state index in [9.17, 15) is 4.79 Å². The lowest BCUT2D eigenvalue weighted by atomic mass is 10.0. The van der Waals surface area contributed by atoms with Crippen molar-refractivity contribution in [1.82, 2.24) is 20.4 Å². The summed E-state index contributed by atoms with van der Waals surface area (Å²) in [6.45, 7) is 3.91. The number of rotatable bonds is 4. The van der Waals surface area contributed by atoms with Gasteiger partial charge in [-0.3, -0.25) is 4.98 Å². The molecule has 0 radical (unpaired) electrons. The molecule has 0 atom stereocenters. The highest BCUT2D eigenvalue weighted by Crippen LogP contribution is 2.27. The molecule has 0 aliphatic heterocycles. The molecular formula is C16H14N4O3. The molecule has 1 aromatic carbocycles. The summed E-state index contributed by atoms with van der Waals surface area (Å²) in [4.78, 5) is 15.4. The van der Waals surface area contributed by atoms with E-state index in [2.05, 4.69) is 20.4 Å². The molecule has 116 valence electrons. The van der Waals surface area contributed by atoms with Gasteiger partial charge in [0.2, 0.25) is 5.69 Å². The predicted octanol–water partition coefficient (Wildman–Crippen LogP) is 2.97. The number of nitrogens with one attached hydrogen (secondary N) is 1. The summed E-state index contributed by atoms with van der Waals surface area (Å²) < 4.78 is 5.47. The van der Waals surface area contributed by atoms with Gasteiger partial charge in [0.1, 0.15) is 5.75 Å². The summed E-state index contributed by atoms with van der Waals surface area (Å²) in [5.41, 5.74) is 3.71. The van der Waals surface area contributed by atoms with Gasteiger partial charge in [0, 0.05) is 17.0 Å². The average molecular weight is 310 g/mol. The number of ether oxygens (including phenoxy) is 1. The largest absolute Gasteiger partial charge is 0.476 e. The van der Waals surface area contributed by atoms with E-state index in [1.54, 1.807) is 12.1 Å². The number of aromatic carboxylic acids is 1. The number of carboxylic acid groups (broad SMARTS) is 1. The molecule has 2 aromatic heterocycles. The van der Waals surface area contributed by atoms with Crippen LogP contribution in [0.15, 0.2) is 36.4 Å². The highest BCUT2D eigenvalue weighted by Gasteiger charge is 2.16. The lowest BCUT2D eigenvalue weighted by Gasteiger charge is -2.08. The van der Waals surface area contributed by atoms with E-state index < -0.39 is 5.97 Å². The Morgan fingerprint density at radius 3 is 2.52 bits per heavy atom. The molecule has 23 heavy (non-hydrogen) atoms. The molecule has 0 fully saturated rings. The molecule has 0 saturated carbocycles. The second-order valence-corrected chi connectivity index (χ2v) is 5.01. The monoisotopic (exact) mass is 310 g/mol. The van der Waals surface area contributed by atoms with Gasteiger partial charge in [0.25, 0.3) is 5.88 Å². The van der Waals surface area contributed by atoms with Crippen LogP contribution >= 0.6 is 0 Å². The number of benzene rings is 1. The van der Waals surface area contributed by atoms with Crippen molar-refractivity contribution in [3.63, 3.8) is 0 Å². The number of H-pyrrole nitrogens is 1. The average Bonchev–Trinajstić information content (AvgIpc) is 2.97. The van der Waals surface area contributed by atoms with Gasteiger partial charge < -0.3 is 9.84 Å². The Balaban J connectivity index is 1.85. The number of carboxylic acids is 1. The van der Waals surface area contributed by atoms with Crippen molar-refractivity contribution in [3.05, 3.63) is 53.5 Å². The summed E-state index contributed by atoms with van der Waals surface area (Å²) >= 11 is 0. The molecule has 0 aliphatic carbocycles. The highest BCUT2D eigenvalue weighted by molar-refractivity contribution is 5.87. The number of carbonyl (C=O) groups is 1. The first kappa shape index (κ1) is 14.7. The predicted molar refractivity (Wildman–Crippen MR) is 82.6 cm³/mol. The van der Waals surface area contributed by atoms with Crippen LogP contribution < -0.4 is 4.74 Å². The van der Waals surface area contributed by atoms with Crippen LogP contribution in [0.3, 0.4) is 0 Å². The zero-order valence-corrected chi connectivity index (χ0v) is 12.6. The lowest BCUT2D eigenvalue weighted by Crippen LogP contribution is -1.99. The third-order valence-corrected chi connectivity index (χ3v) is 3.33. The minimum absolute atomic E-state index is 0.00145. The number of pyridine rings is 1. The molecule has 0 bridgehead atoms. The number of aromatic nitrogens is 4. The second-order valence-electron chi connectivity index (χ2n) is 5.01. The Kier molecular flexibility index (Phi) is 3.76. The molecule has 0 amide bonds. The maximum atomic E-state index is 11.0. The van der Waals surface area contributed by atoms with Gasteiger partial charge in [0.05, 0.1) is 0 Å². The number of aromatic amines is 1. The topological polar surface area (TPSA) is 101 Å². The number of hydrogen-bond donors (Lipinski definition) is 2.